The van der Waals surface area contributed by atoms with Crippen LogP contribution in [0.15, 0.2) is 67.4 Å². The van der Waals surface area contributed by atoms with Crippen LogP contribution in [0.2, 0.25) is 0 Å². The molecule has 2 N–H and O–H groups in total. The van der Waals surface area contributed by atoms with Gasteiger partial charge in [0.15, 0.2) is 10.7 Å². The van der Waals surface area contributed by atoms with Gasteiger partial charge in [-0.05, 0) is 49.4 Å². The molecule has 10 heteroatoms. The Morgan fingerprint density at radius 3 is 2.62 bits per heavy atom. The number of hydrogen-bond donors (Lipinski definition) is 2. The predicted octanol–water partition coefficient (Wildman–Crippen LogP) is 7.24. The quantitative estimate of drug-likeness (QED) is 0.300. The Balaban J connectivity index is 1.57. The van der Waals surface area contributed by atoms with Gasteiger partial charge in [0.25, 0.3) is 0 Å². The molecule has 146 valence electrons. The van der Waals surface area contributed by atoms with E-state index in [4.69, 9.17) is 4.74 Å². The van der Waals surface area contributed by atoms with Crippen LogP contribution in [-0.4, -0.2) is 22.2 Å². The fourth-order valence-corrected chi connectivity index (χ4v) is 3.66. The number of thiazole rings is 1. The maximum absolute atomic E-state index is 10.1. The van der Waals surface area contributed by atoms with Crippen molar-refractivity contribution >= 4 is 59.7 Å². The zero-order chi connectivity index (χ0) is 20.4. The Kier molecular flexibility index (Phi) is 5.36. The van der Waals surface area contributed by atoms with E-state index in [1.165, 1.54) is 11.3 Å². The minimum absolute atomic E-state index is 0.0467. The van der Waals surface area contributed by atoms with Crippen molar-refractivity contribution in [1.29, 1.82) is 0 Å². The van der Waals surface area contributed by atoms with Crippen LogP contribution >= 0.6 is 27.3 Å². The number of methoxy groups -OCH3 is 1. The highest BCUT2D eigenvalue weighted by atomic mass is 79.9. The van der Waals surface area contributed by atoms with E-state index in [2.05, 4.69) is 46.4 Å². The predicted molar refractivity (Wildman–Crippen MR) is 116 cm³/mol. The zero-order valence-corrected chi connectivity index (χ0v) is 17.8. The number of benzene rings is 2. The molecule has 0 aliphatic carbocycles. The fourth-order valence-electron chi connectivity index (χ4n) is 2.59. The van der Waals surface area contributed by atoms with E-state index in [1.54, 1.807) is 7.11 Å². The van der Waals surface area contributed by atoms with Gasteiger partial charge in [0, 0.05) is 9.86 Å². The third-order valence-electron chi connectivity index (χ3n) is 4.04. The van der Waals surface area contributed by atoms with Gasteiger partial charge in [0.2, 0.25) is 11.0 Å². The number of rotatable bonds is 5. The molecule has 2 heterocycles. The van der Waals surface area contributed by atoms with Crippen molar-refractivity contribution in [2.24, 2.45) is 20.5 Å². The second-order valence-corrected chi connectivity index (χ2v) is 7.87. The minimum atomic E-state index is -0.0467. The zero-order valence-electron chi connectivity index (χ0n) is 15.4. The van der Waals surface area contributed by atoms with Crippen LogP contribution in [0.4, 0.5) is 21.5 Å². The van der Waals surface area contributed by atoms with Crippen molar-refractivity contribution in [3.8, 4) is 11.6 Å². The van der Waals surface area contributed by atoms with Crippen LogP contribution in [0, 0.1) is 6.92 Å². The molecule has 0 spiro atoms. The normalized spacial score (nSPS) is 11.8. The molecule has 29 heavy (non-hydrogen) atoms. The number of fused-ring (bicyclic) bond motifs is 1. The Labute approximate surface area is 178 Å². The van der Waals surface area contributed by atoms with E-state index in [0.29, 0.717) is 27.2 Å². The number of halogens is 1. The molecule has 0 bridgehead atoms. The van der Waals surface area contributed by atoms with Crippen molar-refractivity contribution in [3.63, 3.8) is 0 Å². The van der Waals surface area contributed by atoms with E-state index in [1.807, 2.05) is 49.4 Å². The molecule has 0 amide bonds. The number of nitrogens with one attached hydrogen (secondary N) is 1. The molecule has 4 rings (SSSR count). The van der Waals surface area contributed by atoms with Gasteiger partial charge in [-0.3, -0.25) is 0 Å². The van der Waals surface area contributed by atoms with Gasteiger partial charge in [-0.1, -0.05) is 27.3 Å². The lowest BCUT2D eigenvalue weighted by atomic mass is 10.2. The Bertz CT molecular complexity index is 1230. The molecule has 0 saturated heterocycles. The smallest absolute Gasteiger partial charge is 0.232 e. The van der Waals surface area contributed by atoms with E-state index in [0.717, 1.165) is 21.1 Å². The first-order valence-corrected chi connectivity index (χ1v) is 10.1. The molecule has 0 radical (unpaired) electrons. The summed E-state index contributed by atoms with van der Waals surface area (Å²) >= 11 is 4.69. The van der Waals surface area contributed by atoms with Gasteiger partial charge in [-0.25, -0.2) is 4.98 Å². The molecule has 4 aromatic rings. The van der Waals surface area contributed by atoms with Crippen molar-refractivity contribution in [1.82, 2.24) is 9.97 Å². The molecule has 0 saturated carbocycles. The second kappa shape index (κ2) is 8.10. The Morgan fingerprint density at radius 2 is 1.86 bits per heavy atom. The summed E-state index contributed by atoms with van der Waals surface area (Å²) in [5, 5.41) is 28.8. The number of ether oxygens (including phenoxy) is 1. The molecule has 0 aliphatic heterocycles. The third-order valence-corrected chi connectivity index (χ3v) is 5.46. The second-order valence-electron chi connectivity index (χ2n) is 6.00. The number of aromatic amines is 1. The summed E-state index contributed by atoms with van der Waals surface area (Å²) in [6, 6.07) is 12.9. The summed E-state index contributed by atoms with van der Waals surface area (Å²) in [4.78, 5) is 7.24. The standard InChI is InChI=1S/C19H15BrN6O2S/c1-10-18(25-23-12-4-6-13(28-2)7-5-12)29-19(21-10)26-24-16-14-9-11(20)3-8-15(14)22-17(16)27/h3-9,22,27H,1-2H3. The molecule has 0 fully saturated rings. The summed E-state index contributed by atoms with van der Waals surface area (Å²) in [7, 11) is 1.61. The number of aryl methyl sites for hydroxylation is 1. The summed E-state index contributed by atoms with van der Waals surface area (Å²) in [5.41, 5.74) is 2.53. The van der Waals surface area contributed by atoms with Crippen LogP contribution in [0.5, 0.6) is 11.6 Å². The average molecular weight is 471 g/mol. The van der Waals surface area contributed by atoms with Crippen LogP contribution in [0.3, 0.4) is 0 Å². The molecule has 0 unspecified atom stereocenters. The van der Waals surface area contributed by atoms with Crippen molar-refractivity contribution in [2.75, 3.05) is 7.11 Å². The SMILES string of the molecule is COc1ccc(N=Nc2sc(N=Nc3c(O)[nH]c4ccc(Br)cc34)nc2C)cc1. The maximum atomic E-state index is 10.1. The van der Waals surface area contributed by atoms with Gasteiger partial charge in [0.05, 0.1) is 24.0 Å². The molecule has 0 aliphatic rings. The summed E-state index contributed by atoms with van der Waals surface area (Å²) < 4.78 is 6.01. The summed E-state index contributed by atoms with van der Waals surface area (Å²) in [6.45, 7) is 1.83. The lowest BCUT2D eigenvalue weighted by molar-refractivity contribution is 0.415. The number of aromatic nitrogens is 2. The van der Waals surface area contributed by atoms with Gasteiger partial charge in [-0.2, -0.15) is 0 Å². The number of aromatic hydroxyl groups is 1. The van der Waals surface area contributed by atoms with Gasteiger partial charge in [0.1, 0.15) is 5.75 Å². The summed E-state index contributed by atoms with van der Waals surface area (Å²) in [6.07, 6.45) is 0. The monoisotopic (exact) mass is 470 g/mol. The first-order valence-electron chi connectivity index (χ1n) is 8.48. The number of azo groups is 2. The van der Waals surface area contributed by atoms with E-state index >= 15 is 0 Å². The van der Waals surface area contributed by atoms with E-state index in [-0.39, 0.29) is 5.88 Å². The average Bonchev–Trinajstić information content (AvgIpc) is 3.23. The van der Waals surface area contributed by atoms with Gasteiger partial charge >= 0.3 is 0 Å². The van der Waals surface area contributed by atoms with E-state index in [9.17, 15) is 5.11 Å². The molecular weight excluding hydrogens is 456 g/mol. The highest BCUT2D eigenvalue weighted by Gasteiger charge is 2.12. The van der Waals surface area contributed by atoms with Crippen molar-refractivity contribution in [3.05, 3.63) is 52.6 Å². The van der Waals surface area contributed by atoms with Gasteiger partial charge in [-0.15, -0.1) is 20.5 Å². The van der Waals surface area contributed by atoms with Crippen LogP contribution in [0.1, 0.15) is 5.69 Å². The van der Waals surface area contributed by atoms with E-state index < -0.39 is 0 Å². The molecule has 8 nitrogen and oxygen atoms in total. The van der Waals surface area contributed by atoms with Crippen LogP contribution in [-0.2, 0) is 0 Å². The maximum Gasteiger partial charge on any atom is 0.232 e. The molecule has 2 aromatic carbocycles. The van der Waals surface area contributed by atoms with Crippen LogP contribution < -0.4 is 4.74 Å². The minimum Gasteiger partial charge on any atom is -0.497 e. The number of nitrogens with zero attached hydrogens (tertiary/aromatic N) is 5. The summed E-state index contributed by atoms with van der Waals surface area (Å²) in [5.74, 6) is 0.711. The Hall–Kier alpha value is -3.11. The first kappa shape index (κ1) is 19.2. The number of hydrogen-bond acceptors (Lipinski definition) is 8. The number of H-pyrrole nitrogens is 1. The third kappa shape index (κ3) is 4.17. The molecular formula is C19H15BrN6O2S. The Morgan fingerprint density at radius 1 is 1.07 bits per heavy atom. The molecule has 0 atom stereocenters. The largest absolute Gasteiger partial charge is 0.497 e. The van der Waals surface area contributed by atoms with Gasteiger partial charge < -0.3 is 14.8 Å². The lowest BCUT2D eigenvalue weighted by Gasteiger charge is -1.97. The van der Waals surface area contributed by atoms with Crippen molar-refractivity contribution in [2.45, 2.75) is 6.92 Å². The highest BCUT2D eigenvalue weighted by Crippen LogP contribution is 2.39. The first-order chi connectivity index (χ1) is 14.0. The molecule has 2 aromatic heterocycles. The lowest BCUT2D eigenvalue weighted by Crippen LogP contribution is -1.79. The highest BCUT2D eigenvalue weighted by molar-refractivity contribution is 9.10. The fraction of sp³-hybridized carbons (Fsp3) is 0.105. The van der Waals surface area contributed by atoms with Crippen molar-refractivity contribution < 1.29 is 9.84 Å². The topological polar surface area (TPSA) is 108 Å². The van der Waals surface area contributed by atoms with Crippen LogP contribution in [0.25, 0.3) is 10.9 Å².